The van der Waals surface area contributed by atoms with Crippen LogP contribution in [0.4, 0.5) is 17.6 Å². The minimum absolute atomic E-state index is 0.0132. The number of ether oxygens (including phenoxy) is 1. The Kier molecular flexibility index (Phi) is 8.26. The summed E-state index contributed by atoms with van der Waals surface area (Å²) in [6, 6.07) is 11.8. The van der Waals surface area contributed by atoms with Crippen LogP contribution in [0.15, 0.2) is 48.5 Å². The molecule has 0 radical (unpaired) electrons. The summed E-state index contributed by atoms with van der Waals surface area (Å²) in [5.41, 5.74) is 0.990. The molecule has 0 fully saturated rings. The average Bonchev–Trinajstić information content (AvgIpc) is 2.81. The topological polar surface area (TPSA) is 26.3 Å². The van der Waals surface area contributed by atoms with Gasteiger partial charge in [-0.15, -0.1) is 0 Å². The first-order chi connectivity index (χ1) is 15.9. The molecule has 0 amide bonds. The summed E-state index contributed by atoms with van der Waals surface area (Å²) in [4.78, 5) is 12.4. The van der Waals surface area contributed by atoms with Gasteiger partial charge in [-0.25, -0.2) is 18.0 Å². The van der Waals surface area contributed by atoms with Crippen molar-refractivity contribution in [3.8, 4) is 16.9 Å². The molecule has 0 aliphatic heterocycles. The lowest BCUT2D eigenvalue weighted by molar-refractivity contribution is 0.0720. The Morgan fingerprint density at radius 1 is 0.727 bits per heavy atom. The highest BCUT2D eigenvalue weighted by Crippen LogP contribution is 2.29. The van der Waals surface area contributed by atoms with Crippen LogP contribution in [0.2, 0.25) is 0 Å². The monoisotopic (exact) mass is 458 g/mol. The van der Waals surface area contributed by atoms with Crippen LogP contribution in [0.25, 0.3) is 11.1 Å². The zero-order valence-electron chi connectivity index (χ0n) is 18.7. The molecule has 0 heterocycles. The number of aryl methyl sites for hydroxylation is 2. The molecule has 0 unspecified atom stereocenters. The highest BCUT2D eigenvalue weighted by molar-refractivity contribution is 5.92. The van der Waals surface area contributed by atoms with Crippen molar-refractivity contribution in [2.45, 2.75) is 52.4 Å². The Morgan fingerprint density at radius 2 is 1.45 bits per heavy atom. The largest absolute Gasteiger partial charge is 0.420 e. The molecular weight excluding hydrogens is 432 g/mol. The normalized spacial score (nSPS) is 11.0. The molecule has 0 bridgehead atoms. The minimum Gasteiger partial charge on any atom is -0.420 e. The maximum atomic E-state index is 14.7. The van der Waals surface area contributed by atoms with E-state index in [2.05, 4.69) is 0 Å². The van der Waals surface area contributed by atoms with E-state index in [1.54, 1.807) is 12.1 Å². The maximum Gasteiger partial charge on any atom is 0.346 e. The maximum absolute atomic E-state index is 14.7. The smallest absolute Gasteiger partial charge is 0.346 e. The average molecular weight is 458 g/mol. The lowest BCUT2D eigenvalue weighted by atomic mass is 10.00. The Balaban J connectivity index is 1.80. The number of hydrogen-bond donors (Lipinski definition) is 0. The van der Waals surface area contributed by atoms with E-state index >= 15 is 0 Å². The van der Waals surface area contributed by atoms with Crippen molar-refractivity contribution in [3.63, 3.8) is 0 Å². The summed E-state index contributed by atoms with van der Waals surface area (Å²) in [7, 11) is 0. The van der Waals surface area contributed by atoms with E-state index in [0.29, 0.717) is 18.4 Å². The van der Waals surface area contributed by atoms with Crippen LogP contribution in [0.5, 0.6) is 5.75 Å². The molecule has 3 rings (SSSR count). The van der Waals surface area contributed by atoms with Crippen LogP contribution in [-0.4, -0.2) is 5.97 Å². The van der Waals surface area contributed by atoms with E-state index in [9.17, 15) is 22.4 Å². The number of carbonyl (C=O) groups excluding carboxylic acids is 1. The molecule has 0 saturated heterocycles. The van der Waals surface area contributed by atoms with Gasteiger partial charge in [0.15, 0.2) is 23.2 Å². The molecule has 0 saturated carbocycles. The number of esters is 1. The molecule has 0 atom stereocenters. The lowest BCUT2D eigenvalue weighted by Crippen LogP contribution is -2.14. The number of carbonyl (C=O) groups is 1. The predicted molar refractivity (Wildman–Crippen MR) is 120 cm³/mol. The second-order valence-corrected chi connectivity index (χ2v) is 7.93. The van der Waals surface area contributed by atoms with Gasteiger partial charge in [-0.3, -0.25) is 0 Å². The van der Waals surface area contributed by atoms with Crippen molar-refractivity contribution < 1.29 is 27.1 Å². The highest BCUT2D eigenvalue weighted by atomic mass is 19.2. The molecule has 2 nitrogen and oxygen atoms in total. The number of halogens is 4. The van der Waals surface area contributed by atoms with Crippen LogP contribution < -0.4 is 4.74 Å². The number of rotatable bonds is 9. The molecule has 0 aliphatic carbocycles. The molecule has 6 heteroatoms. The Hall–Kier alpha value is -3.15. The number of hydrogen-bond acceptors (Lipinski definition) is 2. The molecule has 0 aliphatic rings. The molecule has 174 valence electrons. The molecular formula is C27H26F4O2. The molecule has 3 aromatic rings. The highest BCUT2D eigenvalue weighted by Gasteiger charge is 2.23. The van der Waals surface area contributed by atoms with Gasteiger partial charge >= 0.3 is 5.97 Å². The fraction of sp³-hybridized carbons (Fsp3) is 0.296. The standard InChI is InChI=1S/C27H26F4O2/c1-3-5-6-8-19-13-16-22(26(31)23(19)28)33-27(32)21-15-14-20(24(29)25(21)30)18-11-9-17(7-4-2)10-12-18/h9-16H,3-8H2,1-2H3. The van der Waals surface area contributed by atoms with Gasteiger partial charge in [0.05, 0.1) is 5.56 Å². The van der Waals surface area contributed by atoms with Crippen molar-refractivity contribution in [1.82, 2.24) is 0 Å². The zero-order chi connectivity index (χ0) is 24.0. The van der Waals surface area contributed by atoms with Gasteiger partial charge in [-0.05, 0) is 48.1 Å². The van der Waals surface area contributed by atoms with Crippen LogP contribution >= 0.6 is 0 Å². The van der Waals surface area contributed by atoms with E-state index in [1.165, 1.54) is 12.1 Å². The van der Waals surface area contributed by atoms with E-state index < -0.39 is 40.6 Å². The lowest BCUT2D eigenvalue weighted by Gasteiger charge is -2.11. The van der Waals surface area contributed by atoms with Crippen molar-refractivity contribution in [1.29, 1.82) is 0 Å². The van der Waals surface area contributed by atoms with Crippen LogP contribution in [0.3, 0.4) is 0 Å². The van der Waals surface area contributed by atoms with Crippen molar-refractivity contribution in [2.75, 3.05) is 0 Å². The van der Waals surface area contributed by atoms with E-state index in [1.807, 2.05) is 26.0 Å². The summed E-state index contributed by atoms with van der Waals surface area (Å²) in [6.45, 7) is 4.04. The van der Waals surface area contributed by atoms with Gasteiger partial charge < -0.3 is 4.74 Å². The second kappa shape index (κ2) is 11.1. The Bertz CT molecular complexity index is 1120. The van der Waals surface area contributed by atoms with E-state index in [4.69, 9.17) is 4.74 Å². The van der Waals surface area contributed by atoms with Gasteiger partial charge in [0.1, 0.15) is 0 Å². The third-order valence-electron chi connectivity index (χ3n) is 5.49. The Morgan fingerprint density at radius 3 is 2.12 bits per heavy atom. The first-order valence-corrected chi connectivity index (χ1v) is 11.1. The van der Waals surface area contributed by atoms with Gasteiger partial charge in [0.25, 0.3) is 0 Å². The summed E-state index contributed by atoms with van der Waals surface area (Å²) in [5, 5.41) is 0. The van der Waals surface area contributed by atoms with Gasteiger partial charge in [-0.1, -0.05) is 69.5 Å². The second-order valence-electron chi connectivity index (χ2n) is 7.93. The minimum atomic E-state index is -1.41. The summed E-state index contributed by atoms with van der Waals surface area (Å²) in [5.74, 6) is -7.05. The molecule has 3 aromatic carbocycles. The van der Waals surface area contributed by atoms with Crippen LogP contribution in [0, 0.1) is 23.3 Å². The molecule has 0 N–H and O–H groups in total. The van der Waals surface area contributed by atoms with E-state index in [0.717, 1.165) is 43.4 Å². The zero-order valence-corrected chi connectivity index (χ0v) is 18.7. The fourth-order valence-corrected chi connectivity index (χ4v) is 3.63. The quantitative estimate of drug-likeness (QED) is 0.141. The van der Waals surface area contributed by atoms with Gasteiger partial charge in [0.2, 0.25) is 5.82 Å². The first kappa shape index (κ1) is 24.5. The number of benzene rings is 3. The summed E-state index contributed by atoms with van der Waals surface area (Å²) in [6.07, 6.45) is 4.70. The SMILES string of the molecule is CCCCCc1ccc(OC(=O)c2ccc(-c3ccc(CCC)cc3)c(F)c2F)c(F)c1F. The van der Waals surface area contributed by atoms with Gasteiger partial charge in [0, 0.05) is 5.56 Å². The van der Waals surface area contributed by atoms with E-state index in [-0.39, 0.29) is 11.1 Å². The van der Waals surface area contributed by atoms with Crippen molar-refractivity contribution >= 4 is 5.97 Å². The fourth-order valence-electron chi connectivity index (χ4n) is 3.63. The third kappa shape index (κ3) is 5.62. The Labute approximate surface area is 191 Å². The molecule has 0 aromatic heterocycles. The molecule has 0 spiro atoms. The number of unbranched alkanes of at least 4 members (excludes halogenated alkanes) is 2. The summed E-state index contributed by atoms with van der Waals surface area (Å²) < 4.78 is 62.9. The predicted octanol–water partition coefficient (Wildman–Crippen LogP) is 7.81. The first-order valence-electron chi connectivity index (χ1n) is 11.1. The van der Waals surface area contributed by atoms with Gasteiger partial charge in [-0.2, -0.15) is 4.39 Å². The van der Waals surface area contributed by atoms with Crippen molar-refractivity contribution in [3.05, 3.63) is 88.5 Å². The van der Waals surface area contributed by atoms with Crippen molar-refractivity contribution in [2.24, 2.45) is 0 Å². The van der Waals surface area contributed by atoms with Crippen LogP contribution in [-0.2, 0) is 12.8 Å². The third-order valence-corrected chi connectivity index (χ3v) is 5.49. The van der Waals surface area contributed by atoms with Crippen LogP contribution in [0.1, 0.15) is 61.0 Å². The summed E-state index contributed by atoms with van der Waals surface area (Å²) >= 11 is 0. The molecule has 33 heavy (non-hydrogen) atoms.